The van der Waals surface area contributed by atoms with Gasteiger partial charge in [0.05, 0.1) is 6.04 Å². The lowest BCUT2D eigenvalue weighted by Gasteiger charge is -2.20. The summed E-state index contributed by atoms with van der Waals surface area (Å²) in [6.07, 6.45) is 5.49. The number of hydrogen-bond acceptors (Lipinski definition) is 1. The minimum Gasteiger partial charge on any atom is -0.349 e. The second kappa shape index (κ2) is 6.03. The van der Waals surface area contributed by atoms with Crippen molar-refractivity contribution in [3.05, 3.63) is 35.4 Å². The Hall–Kier alpha value is -1.31. The van der Waals surface area contributed by atoms with Crippen LogP contribution in [-0.2, 0) is 4.79 Å². The normalized spacial score (nSPS) is 17.7. The van der Waals surface area contributed by atoms with Crippen molar-refractivity contribution in [2.24, 2.45) is 5.92 Å². The van der Waals surface area contributed by atoms with E-state index in [2.05, 4.69) is 43.4 Å². The number of rotatable bonds is 4. The van der Waals surface area contributed by atoms with Crippen molar-refractivity contribution in [1.82, 2.24) is 5.32 Å². The molecule has 0 radical (unpaired) electrons. The molecule has 2 nitrogen and oxygen atoms in total. The number of aryl methyl sites for hydroxylation is 1. The SMILES string of the molecule is CC[C@@H](NC(=O)C1CCCC1)c1ccc(C)cc1. The molecular formula is C16H23NO. The molecule has 1 amide bonds. The number of carbonyl (C=O) groups excluding carboxylic acids is 1. The summed E-state index contributed by atoms with van der Waals surface area (Å²) in [6.45, 7) is 4.21. The van der Waals surface area contributed by atoms with E-state index in [1.165, 1.54) is 24.0 Å². The molecule has 0 aromatic heterocycles. The van der Waals surface area contributed by atoms with E-state index in [1.807, 2.05) is 0 Å². The Balaban J connectivity index is 2.00. The summed E-state index contributed by atoms with van der Waals surface area (Å²) in [7, 11) is 0. The van der Waals surface area contributed by atoms with E-state index >= 15 is 0 Å². The van der Waals surface area contributed by atoms with E-state index in [0.29, 0.717) is 0 Å². The van der Waals surface area contributed by atoms with Crippen molar-refractivity contribution in [2.45, 2.75) is 52.0 Å². The summed E-state index contributed by atoms with van der Waals surface area (Å²) >= 11 is 0. The summed E-state index contributed by atoms with van der Waals surface area (Å²) in [4.78, 5) is 12.1. The van der Waals surface area contributed by atoms with E-state index in [0.717, 1.165) is 19.3 Å². The van der Waals surface area contributed by atoms with Crippen LogP contribution in [0.5, 0.6) is 0 Å². The fourth-order valence-corrected chi connectivity index (χ4v) is 2.70. The van der Waals surface area contributed by atoms with Crippen LogP contribution in [0.4, 0.5) is 0 Å². The van der Waals surface area contributed by atoms with Crippen LogP contribution in [0, 0.1) is 12.8 Å². The van der Waals surface area contributed by atoms with Crippen LogP contribution < -0.4 is 5.32 Å². The third-order valence-corrected chi connectivity index (χ3v) is 3.93. The van der Waals surface area contributed by atoms with Crippen molar-refractivity contribution in [3.63, 3.8) is 0 Å². The van der Waals surface area contributed by atoms with Crippen molar-refractivity contribution in [1.29, 1.82) is 0 Å². The van der Waals surface area contributed by atoms with Crippen LogP contribution in [0.3, 0.4) is 0 Å². The highest BCUT2D eigenvalue weighted by Gasteiger charge is 2.24. The summed E-state index contributed by atoms with van der Waals surface area (Å²) in [6, 6.07) is 8.63. The van der Waals surface area contributed by atoms with Gasteiger partial charge in [-0.05, 0) is 31.7 Å². The first-order chi connectivity index (χ1) is 8.70. The number of amides is 1. The number of benzene rings is 1. The smallest absolute Gasteiger partial charge is 0.223 e. The van der Waals surface area contributed by atoms with E-state index in [-0.39, 0.29) is 17.9 Å². The molecular weight excluding hydrogens is 222 g/mol. The molecule has 1 aliphatic rings. The highest BCUT2D eigenvalue weighted by molar-refractivity contribution is 5.79. The largest absolute Gasteiger partial charge is 0.349 e. The first-order valence-corrected chi connectivity index (χ1v) is 7.07. The Morgan fingerprint density at radius 1 is 1.28 bits per heavy atom. The predicted molar refractivity (Wildman–Crippen MR) is 74.3 cm³/mol. The molecule has 1 aromatic rings. The lowest BCUT2D eigenvalue weighted by Crippen LogP contribution is -2.32. The van der Waals surface area contributed by atoms with Gasteiger partial charge in [-0.25, -0.2) is 0 Å². The van der Waals surface area contributed by atoms with Gasteiger partial charge >= 0.3 is 0 Å². The summed E-state index contributed by atoms with van der Waals surface area (Å²) in [5.41, 5.74) is 2.48. The number of hydrogen-bond donors (Lipinski definition) is 1. The molecule has 1 aliphatic carbocycles. The van der Waals surface area contributed by atoms with E-state index < -0.39 is 0 Å². The van der Waals surface area contributed by atoms with Crippen molar-refractivity contribution >= 4 is 5.91 Å². The molecule has 0 saturated heterocycles. The van der Waals surface area contributed by atoms with Gasteiger partial charge in [0.25, 0.3) is 0 Å². The standard InChI is InChI=1S/C16H23NO/c1-3-15(13-10-8-12(2)9-11-13)17-16(18)14-6-4-5-7-14/h8-11,14-15H,3-7H2,1-2H3,(H,17,18)/t15-/m1/s1. The molecule has 1 fully saturated rings. The molecule has 18 heavy (non-hydrogen) atoms. The third-order valence-electron chi connectivity index (χ3n) is 3.93. The third kappa shape index (κ3) is 3.12. The maximum absolute atomic E-state index is 12.1. The molecule has 0 spiro atoms. The molecule has 1 N–H and O–H groups in total. The van der Waals surface area contributed by atoms with Crippen molar-refractivity contribution in [2.75, 3.05) is 0 Å². The molecule has 0 heterocycles. The zero-order valence-electron chi connectivity index (χ0n) is 11.4. The van der Waals surface area contributed by atoms with Crippen LogP contribution in [-0.4, -0.2) is 5.91 Å². The maximum atomic E-state index is 12.1. The average molecular weight is 245 g/mol. The Morgan fingerprint density at radius 2 is 1.89 bits per heavy atom. The van der Waals surface area contributed by atoms with Gasteiger partial charge in [-0.3, -0.25) is 4.79 Å². The van der Waals surface area contributed by atoms with Crippen LogP contribution in [0.2, 0.25) is 0 Å². The van der Waals surface area contributed by atoms with Gasteiger partial charge in [0.15, 0.2) is 0 Å². The summed E-state index contributed by atoms with van der Waals surface area (Å²) in [5.74, 6) is 0.504. The molecule has 0 unspecified atom stereocenters. The van der Waals surface area contributed by atoms with E-state index in [9.17, 15) is 4.79 Å². The molecule has 1 atom stereocenters. The van der Waals surface area contributed by atoms with Gasteiger partial charge in [-0.1, -0.05) is 49.6 Å². The minimum atomic E-state index is 0.165. The van der Waals surface area contributed by atoms with Gasteiger partial charge in [0.2, 0.25) is 5.91 Å². The van der Waals surface area contributed by atoms with E-state index in [4.69, 9.17) is 0 Å². The summed E-state index contributed by atoms with van der Waals surface area (Å²) < 4.78 is 0. The van der Waals surface area contributed by atoms with Gasteiger partial charge in [0.1, 0.15) is 0 Å². The fourth-order valence-electron chi connectivity index (χ4n) is 2.70. The molecule has 1 aromatic carbocycles. The topological polar surface area (TPSA) is 29.1 Å². The first-order valence-electron chi connectivity index (χ1n) is 7.07. The molecule has 98 valence electrons. The molecule has 0 bridgehead atoms. The van der Waals surface area contributed by atoms with Crippen LogP contribution >= 0.6 is 0 Å². The average Bonchev–Trinajstić information content (AvgIpc) is 2.91. The van der Waals surface area contributed by atoms with Gasteiger partial charge in [-0.15, -0.1) is 0 Å². The summed E-state index contributed by atoms with van der Waals surface area (Å²) in [5, 5.41) is 3.21. The zero-order valence-corrected chi connectivity index (χ0v) is 11.4. The Bertz CT molecular complexity index is 390. The van der Waals surface area contributed by atoms with Crippen molar-refractivity contribution in [3.8, 4) is 0 Å². The Kier molecular flexibility index (Phi) is 4.40. The van der Waals surface area contributed by atoms with Gasteiger partial charge in [0, 0.05) is 5.92 Å². The molecule has 2 heteroatoms. The highest BCUT2D eigenvalue weighted by atomic mass is 16.1. The quantitative estimate of drug-likeness (QED) is 0.860. The predicted octanol–water partition coefficient (Wildman–Crippen LogP) is 3.75. The Labute approximate surface area is 110 Å². The Morgan fingerprint density at radius 3 is 2.44 bits per heavy atom. The highest BCUT2D eigenvalue weighted by Crippen LogP contribution is 2.26. The maximum Gasteiger partial charge on any atom is 0.223 e. The van der Waals surface area contributed by atoms with Crippen molar-refractivity contribution < 1.29 is 4.79 Å². The van der Waals surface area contributed by atoms with Gasteiger partial charge in [-0.2, -0.15) is 0 Å². The molecule has 2 rings (SSSR count). The van der Waals surface area contributed by atoms with E-state index in [1.54, 1.807) is 0 Å². The van der Waals surface area contributed by atoms with Crippen LogP contribution in [0.1, 0.15) is 56.2 Å². The van der Waals surface area contributed by atoms with Crippen LogP contribution in [0.25, 0.3) is 0 Å². The first kappa shape index (κ1) is 13.1. The monoisotopic (exact) mass is 245 g/mol. The molecule has 1 saturated carbocycles. The second-order valence-corrected chi connectivity index (χ2v) is 5.36. The zero-order chi connectivity index (χ0) is 13.0. The van der Waals surface area contributed by atoms with Gasteiger partial charge < -0.3 is 5.32 Å². The lowest BCUT2D eigenvalue weighted by molar-refractivity contribution is -0.125. The molecule has 0 aliphatic heterocycles. The number of carbonyl (C=O) groups is 1. The lowest BCUT2D eigenvalue weighted by atomic mass is 10.0. The van der Waals surface area contributed by atoms with Crippen LogP contribution in [0.15, 0.2) is 24.3 Å². The second-order valence-electron chi connectivity index (χ2n) is 5.36. The minimum absolute atomic E-state index is 0.165. The fraction of sp³-hybridized carbons (Fsp3) is 0.562. The number of nitrogens with one attached hydrogen (secondary N) is 1.